The topological polar surface area (TPSA) is 41.1 Å². The van der Waals surface area contributed by atoms with Crippen molar-refractivity contribution in [1.29, 1.82) is 0 Å². The molecule has 21 heavy (non-hydrogen) atoms. The zero-order chi connectivity index (χ0) is 15.4. The van der Waals surface area contributed by atoms with Gasteiger partial charge in [-0.15, -0.1) is 0 Å². The SMILES string of the molecule is Cc1ccc(NC(=O)[C@@H](C)Nc2cccc(C)c2C)cc1. The van der Waals surface area contributed by atoms with Gasteiger partial charge < -0.3 is 10.6 Å². The van der Waals surface area contributed by atoms with Crippen LogP contribution in [0.25, 0.3) is 0 Å². The first kappa shape index (κ1) is 15.1. The minimum atomic E-state index is -0.299. The molecule has 0 aliphatic carbocycles. The summed E-state index contributed by atoms with van der Waals surface area (Å²) in [4.78, 5) is 12.2. The highest BCUT2D eigenvalue weighted by atomic mass is 16.2. The fourth-order valence-electron chi connectivity index (χ4n) is 2.09. The molecule has 2 aromatic rings. The van der Waals surface area contributed by atoms with Crippen molar-refractivity contribution < 1.29 is 4.79 Å². The molecule has 1 amide bonds. The molecule has 0 aliphatic heterocycles. The number of hydrogen-bond donors (Lipinski definition) is 2. The van der Waals surface area contributed by atoms with Gasteiger partial charge in [0.2, 0.25) is 5.91 Å². The van der Waals surface area contributed by atoms with Crippen LogP contribution in [-0.2, 0) is 4.79 Å². The Balaban J connectivity index is 2.02. The Bertz CT molecular complexity index is 632. The van der Waals surface area contributed by atoms with Gasteiger partial charge in [0.15, 0.2) is 0 Å². The summed E-state index contributed by atoms with van der Waals surface area (Å²) in [6.45, 7) is 8.02. The second kappa shape index (κ2) is 6.44. The number of benzene rings is 2. The van der Waals surface area contributed by atoms with E-state index in [1.807, 2.05) is 50.2 Å². The molecule has 2 N–H and O–H groups in total. The van der Waals surface area contributed by atoms with Gasteiger partial charge in [0, 0.05) is 11.4 Å². The van der Waals surface area contributed by atoms with E-state index >= 15 is 0 Å². The maximum atomic E-state index is 12.2. The molecule has 0 bridgehead atoms. The number of amides is 1. The minimum absolute atomic E-state index is 0.0419. The maximum Gasteiger partial charge on any atom is 0.246 e. The predicted molar refractivity (Wildman–Crippen MR) is 88.8 cm³/mol. The van der Waals surface area contributed by atoms with Gasteiger partial charge >= 0.3 is 0 Å². The summed E-state index contributed by atoms with van der Waals surface area (Å²) in [6, 6.07) is 13.6. The lowest BCUT2D eigenvalue weighted by atomic mass is 10.1. The summed E-state index contributed by atoms with van der Waals surface area (Å²) < 4.78 is 0. The smallest absolute Gasteiger partial charge is 0.246 e. The van der Waals surface area contributed by atoms with Crippen LogP contribution in [0.4, 0.5) is 11.4 Å². The highest BCUT2D eigenvalue weighted by molar-refractivity contribution is 5.96. The van der Waals surface area contributed by atoms with Crippen LogP contribution >= 0.6 is 0 Å². The van der Waals surface area contributed by atoms with Crippen molar-refractivity contribution in [2.24, 2.45) is 0 Å². The molecule has 0 heterocycles. The standard InChI is InChI=1S/C18H22N2O/c1-12-8-10-16(11-9-12)20-18(21)15(4)19-17-7-5-6-13(2)14(17)3/h5-11,15,19H,1-4H3,(H,20,21)/t15-/m1/s1. The predicted octanol–water partition coefficient (Wildman–Crippen LogP) is 4.05. The van der Waals surface area contributed by atoms with Crippen molar-refractivity contribution in [3.05, 3.63) is 59.2 Å². The summed E-state index contributed by atoms with van der Waals surface area (Å²) in [5.74, 6) is -0.0419. The van der Waals surface area contributed by atoms with Crippen molar-refractivity contribution in [2.45, 2.75) is 33.7 Å². The Morgan fingerprint density at radius 3 is 2.33 bits per heavy atom. The number of anilines is 2. The third-order valence-corrected chi connectivity index (χ3v) is 3.69. The molecule has 0 saturated heterocycles. The molecule has 2 rings (SSSR count). The van der Waals surface area contributed by atoms with E-state index in [2.05, 4.69) is 30.5 Å². The van der Waals surface area contributed by atoms with Crippen molar-refractivity contribution in [2.75, 3.05) is 10.6 Å². The Morgan fingerprint density at radius 1 is 1.00 bits per heavy atom. The van der Waals surface area contributed by atoms with E-state index < -0.39 is 0 Å². The summed E-state index contributed by atoms with van der Waals surface area (Å²) in [5, 5.41) is 6.19. The normalized spacial score (nSPS) is 11.8. The van der Waals surface area contributed by atoms with Crippen LogP contribution in [0.1, 0.15) is 23.6 Å². The van der Waals surface area contributed by atoms with Crippen LogP contribution in [0.15, 0.2) is 42.5 Å². The van der Waals surface area contributed by atoms with Gasteiger partial charge in [-0.2, -0.15) is 0 Å². The zero-order valence-corrected chi connectivity index (χ0v) is 13.0. The molecule has 0 aliphatic rings. The van der Waals surface area contributed by atoms with Gasteiger partial charge in [-0.3, -0.25) is 4.79 Å². The fraction of sp³-hybridized carbons (Fsp3) is 0.278. The summed E-state index contributed by atoms with van der Waals surface area (Å²) in [5.41, 5.74) is 5.38. The monoisotopic (exact) mass is 282 g/mol. The largest absolute Gasteiger partial charge is 0.374 e. The van der Waals surface area contributed by atoms with Crippen LogP contribution in [0.5, 0.6) is 0 Å². The molecule has 110 valence electrons. The number of rotatable bonds is 4. The minimum Gasteiger partial charge on any atom is -0.374 e. The molecule has 3 heteroatoms. The number of aryl methyl sites for hydroxylation is 2. The van der Waals surface area contributed by atoms with Crippen LogP contribution < -0.4 is 10.6 Å². The van der Waals surface area contributed by atoms with E-state index in [0.29, 0.717) is 0 Å². The maximum absolute atomic E-state index is 12.2. The number of hydrogen-bond acceptors (Lipinski definition) is 2. The van der Waals surface area contributed by atoms with E-state index in [1.54, 1.807) is 0 Å². The Labute approximate surface area is 126 Å². The number of nitrogens with one attached hydrogen (secondary N) is 2. The van der Waals surface area contributed by atoms with Crippen molar-refractivity contribution in [1.82, 2.24) is 0 Å². The number of carbonyl (C=O) groups is 1. The molecule has 0 unspecified atom stereocenters. The molecule has 0 aromatic heterocycles. The lowest BCUT2D eigenvalue weighted by Crippen LogP contribution is -2.32. The van der Waals surface area contributed by atoms with Gasteiger partial charge in [-0.05, 0) is 57.0 Å². The molecule has 0 radical (unpaired) electrons. The van der Waals surface area contributed by atoms with Gasteiger partial charge in [0.1, 0.15) is 6.04 Å². The van der Waals surface area contributed by atoms with E-state index in [4.69, 9.17) is 0 Å². The fourth-order valence-corrected chi connectivity index (χ4v) is 2.09. The van der Waals surface area contributed by atoms with Gasteiger partial charge in [-0.1, -0.05) is 29.8 Å². The van der Waals surface area contributed by atoms with Crippen LogP contribution in [0.2, 0.25) is 0 Å². The molecule has 0 saturated carbocycles. The Morgan fingerprint density at radius 2 is 1.67 bits per heavy atom. The van der Waals surface area contributed by atoms with Crippen LogP contribution in [0.3, 0.4) is 0 Å². The average molecular weight is 282 g/mol. The summed E-state index contributed by atoms with van der Waals surface area (Å²) >= 11 is 0. The van der Waals surface area contributed by atoms with Gasteiger partial charge in [0.25, 0.3) is 0 Å². The highest BCUT2D eigenvalue weighted by Gasteiger charge is 2.14. The molecular weight excluding hydrogens is 260 g/mol. The lowest BCUT2D eigenvalue weighted by Gasteiger charge is -2.18. The first-order chi connectivity index (χ1) is 9.97. The molecular formula is C18H22N2O. The quantitative estimate of drug-likeness (QED) is 0.888. The third-order valence-electron chi connectivity index (χ3n) is 3.69. The average Bonchev–Trinajstić information content (AvgIpc) is 2.46. The molecule has 2 aromatic carbocycles. The zero-order valence-electron chi connectivity index (χ0n) is 13.0. The Hall–Kier alpha value is -2.29. The second-order valence-corrected chi connectivity index (χ2v) is 5.47. The van der Waals surface area contributed by atoms with Crippen molar-refractivity contribution >= 4 is 17.3 Å². The first-order valence-electron chi connectivity index (χ1n) is 7.17. The lowest BCUT2D eigenvalue weighted by molar-refractivity contribution is -0.116. The third kappa shape index (κ3) is 3.85. The number of carbonyl (C=O) groups excluding carboxylic acids is 1. The van der Waals surface area contributed by atoms with Gasteiger partial charge in [0.05, 0.1) is 0 Å². The van der Waals surface area contributed by atoms with Crippen molar-refractivity contribution in [3.63, 3.8) is 0 Å². The van der Waals surface area contributed by atoms with E-state index in [9.17, 15) is 4.79 Å². The highest BCUT2D eigenvalue weighted by Crippen LogP contribution is 2.19. The van der Waals surface area contributed by atoms with Crippen LogP contribution in [0, 0.1) is 20.8 Å². The van der Waals surface area contributed by atoms with Gasteiger partial charge in [-0.25, -0.2) is 0 Å². The first-order valence-corrected chi connectivity index (χ1v) is 7.17. The molecule has 0 spiro atoms. The molecule has 0 fully saturated rings. The van der Waals surface area contributed by atoms with Crippen LogP contribution in [-0.4, -0.2) is 11.9 Å². The van der Waals surface area contributed by atoms with E-state index in [-0.39, 0.29) is 11.9 Å². The summed E-state index contributed by atoms with van der Waals surface area (Å²) in [6.07, 6.45) is 0. The summed E-state index contributed by atoms with van der Waals surface area (Å²) in [7, 11) is 0. The van der Waals surface area contributed by atoms with E-state index in [0.717, 1.165) is 11.4 Å². The van der Waals surface area contributed by atoms with E-state index in [1.165, 1.54) is 16.7 Å². The van der Waals surface area contributed by atoms with Crippen molar-refractivity contribution in [3.8, 4) is 0 Å². The second-order valence-electron chi connectivity index (χ2n) is 5.47. The Kier molecular flexibility index (Phi) is 4.63. The molecule has 3 nitrogen and oxygen atoms in total. The molecule has 1 atom stereocenters.